The molecule has 0 radical (unpaired) electrons. The molecule has 0 aromatic rings. The summed E-state index contributed by atoms with van der Waals surface area (Å²) in [5.74, 6) is -0.531. The number of carbonyl (C=O) groups is 1. The molecule has 0 saturated heterocycles. The number of esters is 1. The quantitative estimate of drug-likeness (QED) is 0.0796. The first-order chi connectivity index (χ1) is 15.6. The molecule has 0 heterocycles. The van der Waals surface area contributed by atoms with Crippen LogP contribution in [0.2, 0.25) is 0 Å². The Bertz CT molecular complexity index is 530. The highest BCUT2D eigenvalue weighted by Gasteiger charge is 2.19. The molecular weight excluding hydrogens is 448 g/mol. The van der Waals surface area contributed by atoms with E-state index < -0.39 is 33.2 Å². The smallest absolute Gasteiger partial charge is 0.306 e. The first kappa shape index (κ1) is 32.5. The second kappa shape index (κ2) is 19.7. The second-order valence-corrected chi connectivity index (χ2v) is 11.3. The number of likely N-dealkylation sites (N-methyl/N-ethyl adjacent to an activating group) is 1. The lowest BCUT2D eigenvalue weighted by Gasteiger charge is -2.28. The second-order valence-electron chi connectivity index (χ2n) is 9.85. The summed E-state index contributed by atoms with van der Waals surface area (Å²) in [5.41, 5.74) is 0. The first-order valence-corrected chi connectivity index (χ1v) is 14.2. The van der Waals surface area contributed by atoms with Gasteiger partial charge in [-0.3, -0.25) is 9.36 Å². The van der Waals surface area contributed by atoms with Crippen molar-refractivity contribution in [3.05, 3.63) is 0 Å². The zero-order valence-corrected chi connectivity index (χ0v) is 22.4. The number of halogens is 1. The summed E-state index contributed by atoms with van der Waals surface area (Å²) in [5, 5.41) is 0. The Kier molecular flexibility index (Phi) is 19.4. The molecule has 2 atom stereocenters. The summed E-state index contributed by atoms with van der Waals surface area (Å²) in [6.45, 7) is 1.08. The van der Waals surface area contributed by atoms with Gasteiger partial charge in [-0.1, -0.05) is 84.0 Å². The molecule has 0 fully saturated rings. The predicted molar refractivity (Wildman–Crippen MR) is 129 cm³/mol. The number of ether oxygens (including phenoxy) is 1. The molecule has 198 valence electrons. The molecule has 0 aliphatic carbocycles. The highest BCUT2D eigenvalue weighted by atomic mass is 31.2. The number of nitrogens with zero attached hydrogens (tertiary/aromatic N) is 1. The van der Waals surface area contributed by atoms with Crippen LogP contribution in [0, 0.1) is 0 Å². The lowest BCUT2D eigenvalue weighted by atomic mass is 10.0. The Morgan fingerprint density at radius 2 is 1.36 bits per heavy atom. The fourth-order valence-electron chi connectivity index (χ4n) is 3.28. The van der Waals surface area contributed by atoms with Crippen molar-refractivity contribution in [2.75, 3.05) is 47.6 Å². The van der Waals surface area contributed by atoms with Gasteiger partial charge in [0, 0.05) is 6.42 Å². The van der Waals surface area contributed by atoms with Crippen molar-refractivity contribution in [1.29, 1.82) is 0 Å². The number of phosphoric acid groups is 1. The number of unbranched alkanes of at least 4 members (excludes halogenated alkanes) is 12. The van der Waals surface area contributed by atoms with E-state index in [9.17, 15) is 18.6 Å². The van der Waals surface area contributed by atoms with Gasteiger partial charge in [-0.05, 0) is 6.42 Å². The van der Waals surface area contributed by atoms with Gasteiger partial charge in [-0.15, -0.1) is 0 Å². The molecule has 0 rings (SSSR count). The Balaban J connectivity index is 3.74. The van der Waals surface area contributed by atoms with E-state index in [4.69, 9.17) is 9.26 Å². The third-order valence-electron chi connectivity index (χ3n) is 5.38. The first-order valence-electron chi connectivity index (χ1n) is 12.8. The fraction of sp³-hybridized carbons (Fsp3) is 0.958. The van der Waals surface area contributed by atoms with E-state index >= 15 is 0 Å². The predicted octanol–water partition coefficient (Wildman–Crippen LogP) is 5.56. The largest absolute Gasteiger partial charge is 0.756 e. The average molecular weight is 498 g/mol. The number of hydrogen-bond donors (Lipinski definition) is 0. The molecule has 0 aliphatic rings. The molecule has 0 aliphatic heterocycles. The third kappa shape index (κ3) is 23.0. The van der Waals surface area contributed by atoms with Crippen molar-refractivity contribution >= 4 is 13.8 Å². The van der Waals surface area contributed by atoms with E-state index in [1.807, 2.05) is 21.1 Å². The van der Waals surface area contributed by atoms with Gasteiger partial charge in [0.1, 0.15) is 19.8 Å². The number of rotatable bonds is 23. The zero-order valence-electron chi connectivity index (χ0n) is 21.5. The van der Waals surface area contributed by atoms with Crippen molar-refractivity contribution in [3.63, 3.8) is 0 Å². The lowest BCUT2D eigenvalue weighted by molar-refractivity contribution is -0.870. The van der Waals surface area contributed by atoms with Crippen LogP contribution in [0.5, 0.6) is 0 Å². The molecule has 0 saturated carbocycles. The maximum atomic E-state index is 13.1. The number of carbonyl (C=O) groups excluding carboxylic acids is 1. The standard InChI is InChI=1S/C24H49FNO6P/c1-5-6-7-8-9-10-11-12-13-14-15-16-17-18-24(27)32-23(21-25)22-31-33(28,29)30-20-19-26(2,3)4/h23H,5-22H2,1-4H3/t23-/m1/s1. The molecular formula is C24H49FNO6P. The SMILES string of the molecule is CCCCCCCCCCCCCCCC(=O)O[C@H](CF)COP(=O)([O-])OCC[N+](C)(C)C. The van der Waals surface area contributed by atoms with E-state index in [2.05, 4.69) is 11.4 Å². The van der Waals surface area contributed by atoms with Crippen molar-refractivity contribution in [2.24, 2.45) is 0 Å². The van der Waals surface area contributed by atoms with Crippen LogP contribution >= 0.6 is 7.82 Å². The number of hydrogen-bond acceptors (Lipinski definition) is 6. The minimum absolute atomic E-state index is 0.0383. The number of phosphoric ester groups is 1. The Morgan fingerprint density at radius 1 is 0.879 bits per heavy atom. The van der Waals surface area contributed by atoms with E-state index in [-0.39, 0.29) is 13.0 Å². The molecule has 33 heavy (non-hydrogen) atoms. The number of alkyl halides is 1. The van der Waals surface area contributed by atoms with Crippen LogP contribution in [0.1, 0.15) is 96.8 Å². The normalized spacial score (nSPS) is 14.7. The Morgan fingerprint density at radius 3 is 1.82 bits per heavy atom. The van der Waals surface area contributed by atoms with Crippen LogP contribution in [0.4, 0.5) is 4.39 Å². The van der Waals surface area contributed by atoms with E-state index in [1.165, 1.54) is 64.2 Å². The summed E-state index contributed by atoms with van der Waals surface area (Å²) < 4.78 is 39.8. The van der Waals surface area contributed by atoms with Gasteiger partial charge >= 0.3 is 5.97 Å². The maximum absolute atomic E-state index is 13.1. The van der Waals surface area contributed by atoms with Crippen molar-refractivity contribution in [1.82, 2.24) is 0 Å². The summed E-state index contributed by atoms with van der Waals surface area (Å²) in [4.78, 5) is 23.6. The van der Waals surface area contributed by atoms with Crippen LogP contribution in [-0.4, -0.2) is 64.1 Å². The van der Waals surface area contributed by atoms with Crippen molar-refractivity contribution < 1.29 is 36.9 Å². The van der Waals surface area contributed by atoms with Gasteiger partial charge < -0.3 is 23.2 Å². The van der Waals surface area contributed by atoms with E-state index in [0.717, 1.165) is 12.8 Å². The monoisotopic (exact) mass is 497 g/mol. The highest BCUT2D eigenvalue weighted by Crippen LogP contribution is 2.38. The Labute approximate surface area is 201 Å². The summed E-state index contributed by atoms with van der Waals surface area (Å²) in [7, 11) is 1.14. The van der Waals surface area contributed by atoms with Crippen LogP contribution < -0.4 is 4.89 Å². The summed E-state index contributed by atoms with van der Waals surface area (Å²) in [6, 6.07) is 0. The molecule has 0 spiro atoms. The van der Waals surface area contributed by atoms with Gasteiger partial charge in [0.15, 0.2) is 6.10 Å². The van der Waals surface area contributed by atoms with Gasteiger partial charge in [0.25, 0.3) is 7.82 Å². The van der Waals surface area contributed by atoms with Crippen LogP contribution in [-0.2, 0) is 23.1 Å². The van der Waals surface area contributed by atoms with Crippen LogP contribution in [0.25, 0.3) is 0 Å². The molecule has 0 aromatic heterocycles. The Hall–Kier alpha value is -0.530. The molecule has 7 nitrogen and oxygen atoms in total. The molecule has 0 N–H and O–H groups in total. The van der Waals surface area contributed by atoms with Gasteiger partial charge in [0.05, 0.1) is 27.7 Å². The molecule has 0 bridgehead atoms. The number of quaternary nitrogens is 1. The zero-order chi connectivity index (χ0) is 25.0. The highest BCUT2D eigenvalue weighted by molar-refractivity contribution is 7.45. The van der Waals surface area contributed by atoms with Gasteiger partial charge in [0.2, 0.25) is 0 Å². The fourth-order valence-corrected chi connectivity index (χ4v) is 4.01. The summed E-state index contributed by atoms with van der Waals surface area (Å²) >= 11 is 0. The van der Waals surface area contributed by atoms with E-state index in [1.54, 1.807) is 0 Å². The van der Waals surface area contributed by atoms with E-state index in [0.29, 0.717) is 17.4 Å². The third-order valence-corrected chi connectivity index (χ3v) is 6.35. The summed E-state index contributed by atoms with van der Waals surface area (Å²) in [6.07, 6.45) is 14.7. The lowest BCUT2D eigenvalue weighted by Crippen LogP contribution is -2.37. The molecule has 9 heteroatoms. The van der Waals surface area contributed by atoms with Crippen LogP contribution in [0.3, 0.4) is 0 Å². The minimum Gasteiger partial charge on any atom is -0.756 e. The van der Waals surface area contributed by atoms with Crippen molar-refractivity contribution in [2.45, 2.75) is 103 Å². The van der Waals surface area contributed by atoms with Gasteiger partial charge in [-0.2, -0.15) is 0 Å². The minimum atomic E-state index is -4.56. The van der Waals surface area contributed by atoms with Gasteiger partial charge in [-0.25, -0.2) is 4.39 Å². The average Bonchev–Trinajstić information content (AvgIpc) is 2.73. The molecule has 0 amide bonds. The topological polar surface area (TPSA) is 84.9 Å². The van der Waals surface area contributed by atoms with Crippen LogP contribution in [0.15, 0.2) is 0 Å². The van der Waals surface area contributed by atoms with Crippen molar-refractivity contribution in [3.8, 4) is 0 Å². The maximum Gasteiger partial charge on any atom is 0.306 e. The molecule has 1 unspecified atom stereocenters. The molecule has 0 aromatic carbocycles.